The lowest BCUT2D eigenvalue weighted by Gasteiger charge is -2.29. The molecule has 11 nitrogen and oxygen atoms in total. The van der Waals surface area contributed by atoms with Crippen molar-refractivity contribution in [2.24, 2.45) is 14.1 Å². The van der Waals surface area contributed by atoms with Crippen LogP contribution in [0.3, 0.4) is 0 Å². The summed E-state index contributed by atoms with van der Waals surface area (Å²) in [6.07, 6.45) is 5.96. The standard InChI is InChI=1S/C25H28N8O3S/c1-26-25(34)32-8-9-33-21(15-32)23(28-24(33)16-6-10-37(35,36)11-7-16)17-4-5-20-19(12-17)22(29-31(20)3)18-13-27-30(2)14-18/h4-6,12-14H,7-11,15H2,1-3H3,(H,26,34). The van der Waals surface area contributed by atoms with Gasteiger partial charge in [0.1, 0.15) is 11.5 Å². The van der Waals surface area contributed by atoms with Crippen LogP contribution < -0.4 is 5.32 Å². The van der Waals surface area contributed by atoms with Crippen LogP contribution in [0.2, 0.25) is 0 Å². The average Bonchev–Trinajstić information content (AvgIpc) is 3.58. The Morgan fingerprint density at radius 2 is 1.95 bits per heavy atom. The van der Waals surface area contributed by atoms with Gasteiger partial charge in [0.25, 0.3) is 0 Å². The number of carbonyl (C=O) groups is 1. The summed E-state index contributed by atoms with van der Waals surface area (Å²) >= 11 is 0. The number of hydrogen-bond acceptors (Lipinski definition) is 6. The molecule has 2 aliphatic heterocycles. The first kappa shape index (κ1) is 23.5. The molecule has 0 spiro atoms. The van der Waals surface area contributed by atoms with Crippen molar-refractivity contribution in [1.29, 1.82) is 0 Å². The van der Waals surface area contributed by atoms with Crippen molar-refractivity contribution in [3.8, 4) is 22.5 Å². The monoisotopic (exact) mass is 520 g/mol. The second-order valence-corrected chi connectivity index (χ2v) is 11.8. The van der Waals surface area contributed by atoms with Crippen molar-refractivity contribution >= 4 is 32.3 Å². The third-order valence-corrected chi connectivity index (χ3v) is 8.66. The summed E-state index contributed by atoms with van der Waals surface area (Å²) in [7, 11) is 2.37. The van der Waals surface area contributed by atoms with Gasteiger partial charge in [-0.05, 0) is 24.1 Å². The highest BCUT2D eigenvalue weighted by Crippen LogP contribution is 2.36. The fraction of sp³-hybridized carbons (Fsp3) is 0.360. The van der Waals surface area contributed by atoms with Crippen molar-refractivity contribution in [2.45, 2.75) is 19.5 Å². The highest BCUT2D eigenvalue weighted by Gasteiger charge is 2.30. The number of aromatic nitrogens is 6. The first-order valence-electron chi connectivity index (χ1n) is 12.2. The number of rotatable bonds is 3. The van der Waals surface area contributed by atoms with Crippen LogP contribution in [-0.2, 0) is 37.0 Å². The van der Waals surface area contributed by atoms with E-state index in [0.717, 1.165) is 50.5 Å². The van der Waals surface area contributed by atoms with Crippen LogP contribution in [0.4, 0.5) is 4.79 Å². The summed E-state index contributed by atoms with van der Waals surface area (Å²) in [5, 5.41) is 12.8. The van der Waals surface area contributed by atoms with Gasteiger partial charge < -0.3 is 14.8 Å². The van der Waals surface area contributed by atoms with Gasteiger partial charge in [-0.15, -0.1) is 0 Å². The maximum Gasteiger partial charge on any atom is 0.317 e. The molecule has 0 aliphatic carbocycles. The normalized spacial score (nSPS) is 17.1. The molecule has 0 saturated heterocycles. The van der Waals surface area contributed by atoms with Crippen LogP contribution in [0.15, 0.2) is 36.7 Å². The van der Waals surface area contributed by atoms with E-state index in [4.69, 9.17) is 10.1 Å². The first-order valence-corrected chi connectivity index (χ1v) is 14.0. The van der Waals surface area contributed by atoms with Gasteiger partial charge in [-0.25, -0.2) is 18.2 Å². The smallest absolute Gasteiger partial charge is 0.317 e. The SMILES string of the molecule is CNC(=O)N1CCn2c(C3=CCS(=O)(=O)CC3)nc(-c3ccc4c(c3)c(-c3cnn(C)c3)nn4C)c2C1. The zero-order valence-corrected chi connectivity index (χ0v) is 21.8. The van der Waals surface area contributed by atoms with Crippen molar-refractivity contribution in [1.82, 2.24) is 39.3 Å². The Kier molecular flexibility index (Phi) is 5.44. The van der Waals surface area contributed by atoms with E-state index in [9.17, 15) is 13.2 Å². The molecule has 0 atom stereocenters. The minimum Gasteiger partial charge on any atom is -0.341 e. The van der Waals surface area contributed by atoms with E-state index in [2.05, 4.69) is 21.0 Å². The van der Waals surface area contributed by atoms with Crippen molar-refractivity contribution in [3.05, 3.63) is 48.2 Å². The Labute approximate surface area is 214 Å². The Bertz CT molecular complexity index is 1690. The van der Waals surface area contributed by atoms with Gasteiger partial charge >= 0.3 is 6.03 Å². The molecule has 0 saturated carbocycles. The minimum absolute atomic E-state index is 0.0281. The quantitative estimate of drug-likeness (QED) is 0.442. The number of fused-ring (bicyclic) bond motifs is 2. The van der Waals surface area contributed by atoms with Crippen LogP contribution in [-0.4, -0.2) is 73.6 Å². The number of nitrogens with one attached hydrogen (secondary N) is 1. The zero-order chi connectivity index (χ0) is 25.9. The molecular formula is C25H28N8O3S. The number of allylic oxidation sites excluding steroid dienone is 1. The van der Waals surface area contributed by atoms with Gasteiger partial charge in [0, 0.05) is 56.9 Å². The minimum atomic E-state index is -3.06. The summed E-state index contributed by atoms with van der Waals surface area (Å²) < 4.78 is 29.8. The van der Waals surface area contributed by atoms with Gasteiger partial charge in [0.2, 0.25) is 0 Å². The Hall–Kier alpha value is -3.93. The zero-order valence-electron chi connectivity index (χ0n) is 21.0. The van der Waals surface area contributed by atoms with Gasteiger partial charge in [0.05, 0.1) is 41.2 Å². The third kappa shape index (κ3) is 4.01. The van der Waals surface area contributed by atoms with Crippen LogP contribution in [0.5, 0.6) is 0 Å². The molecule has 3 aromatic heterocycles. The number of sulfone groups is 1. The van der Waals surface area contributed by atoms with E-state index in [1.165, 1.54) is 0 Å². The van der Waals surface area contributed by atoms with E-state index in [0.29, 0.717) is 26.1 Å². The predicted molar refractivity (Wildman–Crippen MR) is 140 cm³/mol. The number of hydrogen-bond donors (Lipinski definition) is 1. The molecule has 2 amide bonds. The molecule has 37 heavy (non-hydrogen) atoms. The molecule has 0 radical (unpaired) electrons. The van der Waals surface area contributed by atoms with E-state index in [-0.39, 0.29) is 17.5 Å². The van der Waals surface area contributed by atoms with E-state index >= 15 is 0 Å². The fourth-order valence-corrected chi connectivity index (χ4v) is 6.38. The Morgan fingerprint density at radius 1 is 1.11 bits per heavy atom. The highest BCUT2D eigenvalue weighted by atomic mass is 32.2. The van der Waals surface area contributed by atoms with Gasteiger partial charge in [-0.3, -0.25) is 9.36 Å². The molecule has 0 fully saturated rings. The number of urea groups is 1. The molecule has 192 valence electrons. The van der Waals surface area contributed by atoms with Gasteiger partial charge in [-0.1, -0.05) is 12.1 Å². The topological polar surface area (TPSA) is 120 Å². The Balaban J connectivity index is 1.51. The van der Waals surface area contributed by atoms with Crippen molar-refractivity contribution < 1.29 is 13.2 Å². The molecule has 1 aromatic carbocycles. The molecular weight excluding hydrogens is 492 g/mol. The molecule has 1 N–H and O–H groups in total. The molecule has 0 bridgehead atoms. The van der Waals surface area contributed by atoms with Crippen LogP contribution in [0, 0.1) is 0 Å². The van der Waals surface area contributed by atoms with Crippen LogP contribution in [0.25, 0.3) is 39.0 Å². The summed E-state index contributed by atoms with van der Waals surface area (Å²) in [5.41, 5.74) is 6.34. The number of imidazole rings is 1. The molecule has 5 heterocycles. The second-order valence-electron chi connectivity index (χ2n) is 9.56. The number of carbonyl (C=O) groups excluding carboxylic acids is 1. The van der Waals surface area contributed by atoms with Gasteiger partial charge in [0.15, 0.2) is 9.84 Å². The van der Waals surface area contributed by atoms with Gasteiger partial charge in [-0.2, -0.15) is 10.2 Å². The third-order valence-electron chi connectivity index (χ3n) is 7.16. The molecule has 2 aliphatic rings. The summed E-state index contributed by atoms with van der Waals surface area (Å²) in [6, 6.07) is 6.03. The first-order chi connectivity index (χ1) is 17.7. The lowest BCUT2D eigenvalue weighted by atomic mass is 10.0. The summed E-state index contributed by atoms with van der Waals surface area (Å²) in [5.74, 6) is 0.937. The number of amides is 2. The molecule has 12 heteroatoms. The maximum absolute atomic E-state index is 12.5. The number of aryl methyl sites for hydroxylation is 2. The fourth-order valence-electron chi connectivity index (χ4n) is 5.23. The van der Waals surface area contributed by atoms with E-state index in [1.807, 2.05) is 37.1 Å². The summed E-state index contributed by atoms with van der Waals surface area (Å²) in [4.78, 5) is 19.3. The van der Waals surface area contributed by atoms with Crippen molar-refractivity contribution in [2.75, 3.05) is 25.1 Å². The van der Waals surface area contributed by atoms with E-state index < -0.39 is 9.84 Å². The summed E-state index contributed by atoms with van der Waals surface area (Å²) in [6.45, 7) is 1.55. The predicted octanol–water partition coefficient (Wildman–Crippen LogP) is 2.19. The molecule has 0 unspecified atom stereocenters. The van der Waals surface area contributed by atoms with Crippen LogP contribution in [0.1, 0.15) is 17.9 Å². The average molecular weight is 521 g/mol. The largest absolute Gasteiger partial charge is 0.341 e. The molecule has 4 aromatic rings. The van der Waals surface area contributed by atoms with E-state index in [1.54, 1.807) is 28.9 Å². The van der Waals surface area contributed by atoms with Crippen LogP contribution >= 0.6 is 0 Å². The number of benzene rings is 1. The Morgan fingerprint density at radius 3 is 2.65 bits per heavy atom. The number of nitrogens with zero attached hydrogens (tertiary/aromatic N) is 7. The second kappa shape index (κ2) is 8.58. The lowest BCUT2D eigenvalue weighted by Crippen LogP contribution is -2.43. The van der Waals surface area contributed by atoms with Crippen molar-refractivity contribution in [3.63, 3.8) is 0 Å². The lowest BCUT2D eigenvalue weighted by molar-refractivity contribution is 0.185. The molecule has 6 rings (SSSR count). The highest BCUT2D eigenvalue weighted by molar-refractivity contribution is 7.91. The maximum atomic E-state index is 12.5.